The fraction of sp³-hybridized carbons (Fsp3) is 0.438. The Morgan fingerprint density at radius 3 is 2.62 bits per heavy atom. The number of anilines is 1. The van der Waals surface area contributed by atoms with Crippen LogP contribution < -0.4 is 20.8 Å². The van der Waals surface area contributed by atoms with Crippen LogP contribution in [-0.2, 0) is 6.54 Å². The SMILES string of the molecule is CCCCOc1c(OC)c2ccc(N)cc2n(CC)c1=O. The number of nitrogen functional groups attached to an aromatic ring is 1. The monoisotopic (exact) mass is 290 g/mol. The minimum atomic E-state index is -0.177. The summed E-state index contributed by atoms with van der Waals surface area (Å²) in [7, 11) is 1.55. The van der Waals surface area contributed by atoms with E-state index in [1.165, 1.54) is 0 Å². The van der Waals surface area contributed by atoms with Crippen LogP contribution in [0.2, 0.25) is 0 Å². The number of nitrogens with two attached hydrogens (primary N) is 1. The highest BCUT2D eigenvalue weighted by Crippen LogP contribution is 2.33. The van der Waals surface area contributed by atoms with Crippen LogP contribution in [0.4, 0.5) is 5.69 Å². The molecule has 114 valence electrons. The Labute approximate surface area is 124 Å². The van der Waals surface area contributed by atoms with Gasteiger partial charge in [0.2, 0.25) is 5.75 Å². The molecule has 5 nitrogen and oxygen atoms in total. The van der Waals surface area contributed by atoms with Crippen molar-refractivity contribution in [1.29, 1.82) is 0 Å². The number of unbranched alkanes of at least 4 members (excludes halogenated alkanes) is 1. The Hall–Kier alpha value is -2.17. The Morgan fingerprint density at radius 2 is 2.00 bits per heavy atom. The van der Waals surface area contributed by atoms with Crippen molar-refractivity contribution in [2.75, 3.05) is 19.5 Å². The summed E-state index contributed by atoms with van der Waals surface area (Å²) in [5.41, 5.74) is 7.04. The van der Waals surface area contributed by atoms with Gasteiger partial charge in [-0.25, -0.2) is 0 Å². The summed E-state index contributed by atoms with van der Waals surface area (Å²) in [5.74, 6) is 0.765. The van der Waals surface area contributed by atoms with E-state index in [-0.39, 0.29) is 11.3 Å². The molecular formula is C16H22N2O3. The second-order valence-corrected chi connectivity index (χ2v) is 4.89. The van der Waals surface area contributed by atoms with E-state index in [4.69, 9.17) is 15.2 Å². The van der Waals surface area contributed by atoms with Crippen LogP contribution in [0, 0.1) is 0 Å². The Bertz CT molecular complexity index is 692. The van der Waals surface area contributed by atoms with Crippen LogP contribution in [0.1, 0.15) is 26.7 Å². The second-order valence-electron chi connectivity index (χ2n) is 4.89. The molecule has 0 aliphatic rings. The van der Waals surface area contributed by atoms with Crippen molar-refractivity contribution in [2.24, 2.45) is 0 Å². The second kappa shape index (κ2) is 6.52. The van der Waals surface area contributed by atoms with Gasteiger partial charge in [-0.15, -0.1) is 0 Å². The van der Waals surface area contributed by atoms with Crippen molar-refractivity contribution in [2.45, 2.75) is 33.2 Å². The predicted octanol–water partition coefficient (Wildman–Crippen LogP) is 2.79. The first-order valence-corrected chi connectivity index (χ1v) is 7.26. The van der Waals surface area contributed by atoms with Gasteiger partial charge in [0, 0.05) is 17.6 Å². The van der Waals surface area contributed by atoms with E-state index in [9.17, 15) is 4.79 Å². The lowest BCUT2D eigenvalue weighted by Gasteiger charge is -2.16. The third kappa shape index (κ3) is 2.82. The molecule has 0 amide bonds. The van der Waals surface area contributed by atoms with Crippen LogP contribution in [0.5, 0.6) is 11.5 Å². The lowest BCUT2D eigenvalue weighted by molar-refractivity contribution is 0.283. The van der Waals surface area contributed by atoms with E-state index < -0.39 is 0 Å². The average molecular weight is 290 g/mol. The average Bonchev–Trinajstić information content (AvgIpc) is 2.48. The van der Waals surface area contributed by atoms with Crippen molar-refractivity contribution in [3.05, 3.63) is 28.6 Å². The molecule has 0 atom stereocenters. The smallest absolute Gasteiger partial charge is 0.297 e. The topological polar surface area (TPSA) is 66.5 Å². The molecule has 2 aromatic rings. The predicted molar refractivity (Wildman–Crippen MR) is 85.2 cm³/mol. The number of benzene rings is 1. The lowest BCUT2D eigenvalue weighted by atomic mass is 10.1. The summed E-state index contributed by atoms with van der Waals surface area (Å²) < 4.78 is 12.8. The van der Waals surface area contributed by atoms with Crippen LogP contribution in [0.3, 0.4) is 0 Å². The first-order valence-electron chi connectivity index (χ1n) is 7.26. The van der Waals surface area contributed by atoms with Crippen LogP contribution in [0.15, 0.2) is 23.0 Å². The zero-order valence-corrected chi connectivity index (χ0v) is 12.8. The molecule has 0 saturated heterocycles. The van der Waals surface area contributed by atoms with E-state index in [1.807, 2.05) is 13.0 Å². The lowest BCUT2D eigenvalue weighted by Crippen LogP contribution is -2.23. The van der Waals surface area contributed by atoms with Crippen molar-refractivity contribution in [1.82, 2.24) is 4.57 Å². The number of methoxy groups -OCH3 is 1. The molecule has 0 aliphatic carbocycles. The zero-order chi connectivity index (χ0) is 15.4. The van der Waals surface area contributed by atoms with Gasteiger partial charge in [0.05, 0.1) is 19.2 Å². The van der Waals surface area contributed by atoms with Crippen LogP contribution >= 0.6 is 0 Å². The van der Waals surface area contributed by atoms with E-state index in [0.717, 1.165) is 23.7 Å². The molecule has 0 fully saturated rings. The van der Waals surface area contributed by atoms with Crippen molar-refractivity contribution in [3.63, 3.8) is 0 Å². The van der Waals surface area contributed by atoms with Crippen LogP contribution in [-0.4, -0.2) is 18.3 Å². The Morgan fingerprint density at radius 1 is 1.24 bits per heavy atom. The zero-order valence-electron chi connectivity index (χ0n) is 12.8. The summed E-state index contributed by atoms with van der Waals surface area (Å²) >= 11 is 0. The molecule has 0 spiro atoms. The molecule has 5 heteroatoms. The molecule has 0 saturated carbocycles. The van der Waals surface area contributed by atoms with E-state index >= 15 is 0 Å². The fourth-order valence-corrected chi connectivity index (χ4v) is 2.38. The Balaban J connectivity index is 2.70. The molecule has 1 aromatic heterocycles. The Kier molecular flexibility index (Phi) is 4.73. The molecule has 2 N–H and O–H groups in total. The van der Waals surface area contributed by atoms with Crippen molar-refractivity contribution < 1.29 is 9.47 Å². The van der Waals surface area contributed by atoms with Gasteiger partial charge in [0.25, 0.3) is 5.56 Å². The van der Waals surface area contributed by atoms with Gasteiger partial charge in [0.15, 0.2) is 5.75 Å². The van der Waals surface area contributed by atoms with Gasteiger partial charge in [-0.05, 0) is 31.5 Å². The molecule has 0 unspecified atom stereocenters. The maximum atomic E-state index is 12.6. The van der Waals surface area contributed by atoms with Crippen molar-refractivity contribution >= 4 is 16.6 Å². The molecule has 1 heterocycles. The van der Waals surface area contributed by atoms with Gasteiger partial charge < -0.3 is 19.8 Å². The molecule has 2 rings (SSSR count). The number of rotatable bonds is 6. The summed E-state index contributed by atoms with van der Waals surface area (Å²) in [6.45, 7) is 5.06. The van der Waals surface area contributed by atoms with Gasteiger partial charge in [0.1, 0.15) is 0 Å². The number of aromatic nitrogens is 1. The molecule has 0 aliphatic heterocycles. The van der Waals surface area contributed by atoms with E-state index in [1.54, 1.807) is 23.8 Å². The highest BCUT2D eigenvalue weighted by Gasteiger charge is 2.18. The van der Waals surface area contributed by atoms with E-state index in [2.05, 4.69) is 6.92 Å². The standard InChI is InChI=1S/C16H22N2O3/c1-4-6-9-21-15-14(20-3)12-8-7-11(17)10-13(12)18(5-2)16(15)19/h7-8,10H,4-6,9,17H2,1-3H3. The number of hydrogen-bond acceptors (Lipinski definition) is 4. The maximum Gasteiger partial charge on any atom is 0.297 e. The summed E-state index contributed by atoms with van der Waals surface area (Å²) in [6.07, 6.45) is 1.91. The van der Waals surface area contributed by atoms with Gasteiger partial charge >= 0.3 is 0 Å². The molecule has 1 aromatic carbocycles. The minimum Gasteiger partial charge on any atom is -0.492 e. The third-order valence-electron chi connectivity index (χ3n) is 3.47. The first kappa shape index (κ1) is 15.2. The van der Waals surface area contributed by atoms with Crippen LogP contribution in [0.25, 0.3) is 10.9 Å². The number of ether oxygens (including phenoxy) is 2. The number of aryl methyl sites for hydroxylation is 1. The van der Waals surface area contributed by atoms with Crippen molar-refractivity contribution in [3.8, 4) is 11.5 Å². The highest BCUT2D eigenvalue weighted by atomic mass is 16.5. The maximum absolute atomic E-state index is 12.6. The summed E-state index contributed by atoms with van der Waals surface area (Å²) in [5, 5.41) is 0.833. The van der Waals surface area contributed by atoms with Gasteiger partial charge in [-0.1, -0.05) is 13.3 Å². The third-order valence-corrected chi connectivity index (χ3v) is 3.47. The molecule has 0 radical (unpaired) electrons. The fourth-order valence-electron chi connectivity index (χ4n) is 2.38. The number of nitrogens with zero attached hydrogens (tertiary/aromatic N) is 1. The number of fused-ring (bicyclic) bond motifs is 1. The summed E-state index contributed by atoms with van der Waals surface area (Å²) in [4.78, 5) is 12.6. The van der Waals surface area contributed by atoms with Gasteiger partial charge in [-0.3, -0.25) is 4.79 Å². The van der Waals surface area contributed by atoms with Gasteiger partial charge in [-0.2, -0.15) is 0 Å². The normalized spacial score (nSPS) is 10.8. The molecular weight excluding hydrogens is 268 g/mol. The summed E-state index contributed by atoms with van der Waals surface area (Å²) in [6, 6.07) is 5.45. The quantitative estimate of drug-likeness (QED) is 0.656. The highest BCUT2D eigenvalue weighted by molar-refractivity contribution is 5.90. The molecule has 21 heavy (non-hydrogen) atoms. The minimum absolute atomic E-state index is 0.177. The largest absolute Gasteiger partial charge is 0.492 e. The number of hydrogen-bond donors (Lipinski definition) is 1. The number of pyridine rings is 1. The van der Waals surface area contributed by atoms with E-state index in [0.29, 0.717) is 24.6 Å². The first-order chi connectivity index (χ1) is 10.1. The molecule has 0 bridgehead atoms.